The molecule has 10 nitrogen and oxygen atoms in total. The molecule has 2 heterocycles. The van der Waals surface area contributed by atoms with E-state index in [4.69, 9.17) is 14.4 Å². The number of hydrogen-bond donors (Lipinski definition) is 1. The molecule has 3 rings (SSSR count). The lowest BCUT2D eigenvalue weighted by molar-refractivity contribution is -0.145. The summed E-state index contributed by atoms with van der Waals surface area (Å²) in [7, 11) is -4.32. The highest BCUT2D eigenvalue weighted by atomic mass is 32.2. The molecular formula is C21H34N4O6S. The van der Waals surface area contributed by atoms with Crippen molar-refractivity contribution >= 4 is 21.9 Å². The van der Waals surface area contributed by atoms with Gasteiger partial charge in [-0.1, -0.05) is 5.16 Å². The fraction of sp³-hybridized carbons (Fsp3) is 0.762. The molecule has 1 saturated heterocycles. The maximum absolute atomic E-state index is 13.1. The maximum Gasteiger partial charge on any atom is 0.303 e. The van der Waals surface area contributed by atoms with Crippen molar-refractivity contribution in [3.63, 3.8) is 0 Å². The van der Waals surface area contributed by atoms with Gasteiger partial charge >= 0.3 is 10.1 Å². The van der Waals surface area contributed by atoms with E-state index in [0.29, 0.717) is 25.9 Å². The monoisotopic (exact) mass is 470 g/mol. The summed E-state index contributed by atoms with van der Waals surface area (Å²) in [6.07, 6.45) is 0.781. The summed E-state index contributed by atoms with van der Waals surface area (Å²) in [4.78, 5) is 29.4. The molecule has 1 aliphatic carbocycles. The van der Waals surface area contributed by atoms with E-state index < -0.39 is 21.6 Å². The smallest absolute Gasteiger partial charge is 0.303 e. The Morgan fingerprint density at radius 2 is 1.69 bits per heavy atom. The number of aromatic nitrogens is 1. The van der Waals surface area contributed by atoms with Crippen LogP contribution in [0.2, 0.25) is 0 Å². The number of carbonyl (C=O) groups is 2. The van der Waals surface area contributed by atoms with Crippen molar-refractivity contribution in [3.05, 3.63) is 11.5 Å². The largest absolute Gasteiger partial charge is 0.367 e. The van der Waals surface area contributed by atoms with Crippen LogP contribution in [0.1, 0.15) is 57.9 Å². The number of carbonyl (C=O) groups excluding carboxylic acids is 2. The van der Waals surface area contributed by atoms with Gasteiger partial charge in [-0.25, -0.2) is 4.18 Å². The van der Waals surface area contributed by atoms with Crippen LogP contribution in [0, 0.1) is 19.8 Å². The summed E-state index contributed by atoms with van der Waals surface area (Å²) in [5.74, 6) is -1.00. The Bertz CT molecular complexity index is 945. The second-order valence-corrected chi connectivity index (χ2v) is 11.3. The molecule has 11 heteroatoms. The summed E-state index contributed by atoms with van der Waals surface area (Å²) < 4.78 is 36.1. The van der Waals surface area contributed by atoms with Crippen molar-refractivity contribution in [2.24, 2.45) is 11.7 Å². The fourth-order valence-corrected chi connectivity index (χ4v) is 6.18. The number of aryl methyl sites for hydroxylation is 2. The van der Waals surface area contributed by atoms with E-state index in [2.05, 4.69) is 30.8 Å². The summed E-state index contributed by atoms with van der Waals surface area (Å²) in [6, 6.07) is 0. The van der Waals surface area contributed by atoms with E-state index in [1.54, 1.807) is 0 Å². The molecule has 0 unspecified atom stereocenters. The SMILES string of the molecule is Cc1noc(C)c1S(=O)(=O)OC1(C(N)=O)CCC(C(=O)N2CCN(C(C)(C)C)CC2)CC1. The zero-order valence-electron chi connectivity index (χ0n) is 19.5. The van der Waals surface area contributed by atoms with Gasteiger partial charge in [0.2, 0.25) is 5.91 Å². The molecule has 1 saturated carbocycles. The highest BCUT2D eigenvalue weighted by Gasteiger charge is 2.48. The molecule has 1 aromatic heterocycles. The number of piperazine rings is 1. The second-order valence-electron chi connectivity index (χ2n) is 9.81. The van der Waals surface area contributed by atoms with Crippen LogP contribution in [0.25, 0.3) is 0 Å². The van der Waals surface area contributed by atoms with Gasteiger partial charge in [0.1, 0.15) is 5.69 Å². The Morgan fingerprint density at radius 1 is 1.12 bits per heavy atom. The van der Waals surface area contributed by atoms with E-state index in [0.717, 1.165) is 13.1 Å². The van der Waals surface area contributed by atoms with Gasteiger partial charge in [-0.2, -0.15) is 8.42 Å². The van der Waals surface area contributed by atoms with E-state index in [9.17, 15) is 18.0 Å². The first-order chi connectivity index (χ1) is 14.8. The number of rotatable bonds is 5. The third-order valence-corrected chi connectivity index (χ3v) is 8.24. The maximum atomic E-state index is 13.1. The van der Waals surface area contributed by atoms with E-state index in [-0.39, 0.29) is 46.6 Å². The van der Waals surface area contributed by atoms with Gasteiger partial charge in [0, 0.05) is 37.6 Å². The van der Waals surface area contributed by atoms with E-state index >= 15 is 0 Å². The normalized spacial score (nSPS) is 25.7. The lowest BCUT2D eigenvalue weighted by Gasteiger charge is -2.44. The zero-order valence-corrected chi connectivity index (χ0v) is 20.3. The number of nitrogens with zero attached hydrogens (tertiary/aromatic N) is 3. The Morgan fingerprint density at radius 3 is 2.12 bits per heavy atom. The first kappa shape index (κ1) is 24.7. The molecule has 0 bridgehead atoms. The third kappa shape index (κ3) is 4.84. The molecule has 1 aliphatic heterocycles. The number of primary amides is 1. The summed E-state index contributed by atoms with van der Waals surface area (Å²) in [6.45, 7) is 12.4. The highest BCUT2D eigenvalue weighted by Crippen LogP contribution is 2.39. The van der Waals surface area contributed by atoms with Crippen LogP contribution < -0.4 is 5.73 Å². The molecule has 1 aromatic rings. The average Bonchev–Trinajstić information content (AvgIpc) is 3.06. The van der Waals surface area contributed by atoms with Crippen LogP contribution in [0.15, 0.2) is 9.42 Å². The first-order valence-corrected chi connectivity index (χ1v) is 12.4. The zero-order chi connectivity index (χ0) is 23.9. The standard InChI is InChI=1S/C21H34N4O6S/c1-14-17(15(2)30-23-14)32(28,29)31-21(19(22)27)8-6-16(7-9-21)18(26)24-10-12-25(13-11-24)20(3,4)5/h16H,6-13H2,1-5H3,(H2,22,27). The van der Waals surface area contributed by atoms with Gasteiger partial charge in [-0.15, -0.1) is 0 Å². The topological polar surface area (TPSA) is 136 Å². The highest BCUT2D eigenvalue weighted by molar-refractivity contribution is 7.87. The Kier molecular flexibility index (Phi) is 6.74. The molecule has 2 amide bonds. The molecule has 2 fully saturated rings. The second kappa shape index (κ2) is 8.75. The van der Waals surface area contributed by atoms with Crippen LogP contribution in [0.4, 0.5) is 0 Å². The Balaban J connectivity index is 1.66. The minimum absolute atomic E-state index is 0.0465. The van der Waals surface area contributed by atoms with Gasteiger partial charge in [0.15, 0.2) is 16.3 Å². The molecule has 32 heavy (non-hydrogen) atoms. The molecule has 0 aromatic carbocycles. The summed E-state index contributed by atoms with van der Waals surface area (Å²) in [5.41, 5.74) is 4.12. The lowest BCUT2D eigenvalue weighted by atomic mass is 9.78. The minimum atomic E-state index is -4.32. The molecule has 2 N–H and O–H groups in total. The third-order valence-electron chi connectivity index (χ3n) is 6.62. The van der Waals surface area contributed by atoms with Gasteiger partial charge in [-0.3, -0.25) is 14.5 Å². The minimum Gasteiger partial charge on any atom is -0.367 e. The van der Waals surface area contributed by atoms with Crippen molar-refractivity contribution in [3.8, 4) is 0 Å². The number of nitrogens with two attached hydrogens (primary N) is 1. The van der Waals surface area contributed by atoms with Crippen molar-refractivity contribution < 1.29 is 26.7 Å². The van der Waals surface area contributed by atoms with Gasteiger partial charge in [-0.05, 0) is 60.3 Å². The lowest BCUT2D eigenvalue weighted by Crippen LogP contribution is -2.56. The van der Waals surface area contributed by atoms with Crippen molar-refractivity contribution in [2.45, 2.75) is 76.3 Å². The first-order valence-electron chi connectivity index (χ1n) is 11.0. The summed E-state index contributed by atoms with van der Waals surface area (Å²) in [5, 5.41) is 3.65. The van der Waals surface area contributed by atoms with Gasteiger partial charge in [0.25, 0.3) is 5.91 Å². The average molecular weight is 471 g/mol. The molecule has 0 atom stereocenters. The predicted octanol–water partition coefficient (Wildman–Crippen LogP) is 1.35. The Hall–Kier alpha value is -1.98. The van der Waals surface area contributed by atoms with Crippen LogP contribution in [0.5, 0.6) is 0 Å². The fourth-order valence-electron chi connectivity index (χ4n) is 4.64. The summed E-state index contributed by atoms with van der Waals surface area (Å²) >= 11 is 0. The quantitative estimate of drug-likeness (QED) is 0.637. The van der Waals surface area contributed by atoms with Crippen molar-refractivity contribution in [1.82, 2.24) is 15.0 Å². The van der Waals surface area contributed by atoms with Crippen LogP contribution >= 0.6 is 0 Å². The molecule has 0 spiro atoms. The van der Waals surface area contributed by atoms with Crippen LogP contribution in [-0.2, 0) is 23.9 Å². The number of amides is 2. The van der Waals surface area contributed by atoms with E-state index in [1.807, 2.05) is 4.90 Å². The molecule has 2 aliphatic rings. The van der Waals surface area contributed by atoms with Gasteiger partial charge < -0.3 is 15.2 Å². The van der Waals surface area contributed by atoms with Crippen LogP contribution in [0.3, 0.4) is 0 Å². The predicted molar refractivity (Wildman–Crippen MR) is 116 cm³/mol. The van der Waals surface area contributed by atoms with E-state index in [1.165, 1.54) is 13.8 Å². The van der Waals surface area contributed by atoms with Crippen LogP contribution in [-0.4, -0.2) is 72.5 Å². The van der Waals surface area contributed by atoms with Crippen molar-refractivity contribution in [2.75, 3.05) is 26.2 Å². The Labute approximate surface area is 189 Å². The molecular weight excluding hydrogens is 436 g/mol. The molecule has 0 radical (unpaired) electrons. The van der Waals surface area contributed by atoms with Crippen molar-refractivity contribution in [1.29, 1.82) is 0 Å². The number of hydrogen-bond acceptors (Lipinski definition) is 8. The van der Waals surface area contributed by atoms with Gasteiger partial charge in [0.05, 0.1) is 0 Å². The molecule has 180 valence electrons.